The summed E-state index contributed by atoms with van der Waals surface area (Å²) in [7, 11) is -2.13. The summed E-state index contributed by atoms with van der Waals surface area (Å²) in [6.07, 6.45) is 1.65. The Morgan fingerprint density at radius 1 is 1.21 bits per heavy atom. The molecule has 0 saturated heterocycles. The predicted octanol–water partition coefficient (Wildman–Crippen LogP) is 3.97. The number of para-hydroxylation sites is 1. The second kappa shape index (κ2) is 8.73. The Morgan fingerprint density at radius 3 is 2.59 bits per heavy atom. The molecule has 0 saturated carbocycles. The fraction of sp³-hybridized carbons (Fsp3) is 0.381. The van der Waals surface area contributed by atoms with E-state index in [0.717, 1.165) is 24.1 Å². The quantitative estimate of drug-likeness (QED) is 0.687. The summed E-state index contributed by atoms with van der Waals surface area (Å²) in [6, 6.07) is 9.97. The van der Waals surface area contributed by atoms with Crippen molar-refractivity contribution in [1.82, 2.24) is 4.31 Å². The zero-order valence-corrected chi connectivity index (χ0v) is 18.4. The van der Waals surface area contributed by atoms with Crippen LogP contribution in [0.3, 0.4) is 0 Å². The highest BCUT2D eigenvalue weighted by atomic mass is 35.5. The molecule has 0 aromatic heterocycles. The van der Waals surface area contributed by atoms with E-state index in [4.69, 9.17) is 16.3 Å². The molecule has 1 aliphatic rings. The lowest BCUT2D eigenvalue weighted by atomic mass is 10.00. The Balaban J connectivity index is 2.06. The van der Waals surface area contributed by atoms with Crippen LogP contribution in [0.15, 0.2) is 41.3 Å². The molecule has 3 rings (SSSR count). The van der Waals surface area contributed by atoms with Crippen LogP contribution in [0, 0.1) is 0 Å². The Hall–Kier alpha value is -2.09. The molecule has 29 heavy (non-hydrogen) atoms. The highest BCUT2D eigenvalue weighted by molar-refractivity contribution is 7.89. The third-order valence-corrected chi connectivity index (χ3v) is 7.53. The third-order valence-electron chi connectivity index (χ3n) is 5.16. The number of sulfonamides is 1. The number of methoxy groups -OCH3 is 1. The molecule has 0 N–H and O–H groups in total. The van der Waals surface area contributed by atoms with Gasteiger partial charge in [0.15, 0.2) is 0 Å². The first-order valence-corrected chi connectivity index (χ1v) is 11.4. The van der Waals surface area contributed by atoms with Crippen LogP contribution in [0.1, 0.15) is 36.2 Å². The van der Waals surface area contributed by atoms with Crippen LogP contribution in [-0.4, -0.2) is 45.4 Å². The van der Waals surface area contributed by atoms with Gasteiger partial charge in [0.1, 0.15) is 5.75 Å². The van der Waals surface area contributed by atoms with E-state index in [9.17, 15) is 13.2 Å². The van der Waals surface area contributed by atoms with Crippen LogP contribution in [-0.2, 0) is 16.4 Å². The van der Waals surface area contributed by atoms with E-state index in [0.29, 0.717) is 25.4 Å². The van der Waals surface area contributed by atoms with Crippen molar-refractivity contribution < 1.29 is 17.9 Å². The van der Waals surface area contributed by atoms with Gasteiger partial charge in [-0.05, 0) is 42.7 Å². The molecule has 1 amide bonds. The summed E-state index contributed by atoms with van der Waals surface area (Å²) >= 11 is 6.32. The summed E-state index contributed by atoms with van der Waals surface area (Å²) in [5.41, 5.74) is 1.91. The van der Waals surface area contributed by atoms with Crippen molar-refractivity contribution in [2.24, 2.45) is 0 Å². The van der Waals surface area contributed by atoms with Crippen LogP contribution < -0.4 is 9.64 Å². The Morgan fingerprint density at radius 2 is 1.93 bits per heavy atom. The molecule has 0 fully saturated rings. The molecule has 0 atom stereocenters. The van der Waals surface area contributed by atoms with Gasteiger partial charge in [0.05, 0.1) is 28.3 Å². The maximum absolute atomic E-state index is 13.4. The number of hydrogen-bond acceptors (Lipinski definition) is 4. The second-order valence-corrected chi connectivity index (χ2v) is 9.10. The topological polar surface area (TPSA) is 66.9 Å². The fourth-order valence-electron chi connectivity index (χ4n) is 3.67. The number of aryl methyl sites for hydroxylation is 1. The van der Waals surface area contributed by atoms with Gasteiger partial charge < -0.3 is 9.64 Å². The minimum atomic E-state index is -3.70. The van der Waals surface area contributed by atoms with Crippen molar-refractivity contribution in [3.8, 4) is 5.75 Å². The summed E-state index contributed by atoms with van der Waals surface area (Å²) in [6.45, 7) is 4.76. The maximum atomic E-state index is 13.4. The lowest BCUT2D eigenvalue weighted by Crippen LogP contribution is -2.36. The molecule has 156 valence electrons. The molecular weight excluding hydrogens is 412 g/mol. The number of amides is 1. The average Bonchev–Trinajstić information content (AvgIpc) is 2.73. The molecule has 0 radical (unpaired) electrons. The minimum absolute atomic E-state index is 0.0613. The van der Waals surface area contributed by atoms with Gasteiger partial charge in [-0.25, -0.2) is 8.42 Å². The van der Waals surface area contributed by atoms with Gasteiger partial charge in [0, 0.05) is 19.6 Å². The highest BCUT2D eigenvalue weighted by Crippen LogP contribution is 2.37. The molecule has 0 spiro atoms. The Labute approximate surface area is 177 Å². The Bertz CT molecular complexity index is 1010. The van der Waals surface area contributed by atoms with Crippen LogP contribution >= 0.6 is 11.6 Å². The molecule has 8 heteroatoms. The number of carbonyl (C=O) groups is 1. The van der Waals surface area contributed by atoms with Gasteiger partial charge in [0.25, 0.3) is 5.91 Å². The third kappa shape index (κ3) is 3.99. The first-order chi connectivity index (χ1) is 13.8. The molecule has 1 heterocycles. The first kappa shape index (κ1) is 21.6. The summed E-state index contributed by atoms with van der Waals surface area (Å²) < 4.78 is 32.6. The zero-order chi connectivity index (χ0) is 21.2. The van der Waals surface area contributed by atoms with E-state index in [-0.39, 0.29) is 21.4 Å². The Kier molecular flexibility index (Phi) is 6.51. The lowest BCUT2D eigenvalue weighted by molar-refractivity contribution is 0.0984. The van der Waals surface area contributed by atoms with Crippen LogP contribution in [0.4, 0.5) is 5.69 Å². The average molecular weight is 437 g/mol. The molecule has 2 aromatic carbocycles. The van der Waals surface area contributed by atoms with Crippen molar-refractivity contribution in [3.05, 3.63) is 52.5 Å². The highest BCUT2D eigenvalue weighted by Gasteiger charge is 2.30. The molecular formula is C21H25ClN2O4S. The summed E-state index contributed by atoms with van der Waals surface area (Å²) in [5, 5.41) is 0.218. The zero-order valence-electron chi connectivity index (χ0n) is 16.8. The molecule has 6 nitrogen and oxygen atoms in total. The number of rotatable bonds is 6. The van der Waals surface area contributed by atoms with E-state index in [1.807, 2.05) is 18.2 Å². The second-order valence-electron chi connectivity index (χ2n) is 6.76. The van der Waals surface area contributed by atoms with Gasteiger partial charge in [-0.1, -0.05) is 37.6 Å². The van der Waals surface area contributed by atoms with Crippen LogP contribution in [0.5, 0.6) is 5.75 Å². The maximum Gasteiger partial charge on any atom is 0.259 e. The molecule has 0 bridgehead atoms. The SMILES string of the molecule is CCN(CC)S(=O)(=O)c1ccc(Cl)c(C(=O)N2CCCc3cccc(OC)c32)c1. The van der Waals surface area contributed by atoms with Crippen molar-refractivity contribution in [2.45, 2.75) is 31.6 Å². The van der Waals surface area contributed by atoms with Crippen molar-refractivity contribution in [3.63, 3.8) is 0 Å². The van der Waals surface area contributed by atoms with Gasteiger partial charge in [-0.3, -0.25) is 4.79 Å². The lowest BCUT2D eigenvalue weighted by Gasteiger charge is -2.31. The fourth-order valence-corrected chi connectivity index (χ4v) is 5.35. The first-order valence-electron chi connectivity index (χ1n) is 9.62. The van der Waals surface area contributed by atoms with E-state index >= 15 is 0 Å². The smallest absolute Gasteiger partial charge is 0.259 e. The van der Waals surface area contributed by atoms with Gasteiger partial charge in [-0.2, -0.15) is 4.31 Å². The van der Waals surface area contributed by atoms with E-state index in [1.165, 1.54) is 22.5 Å². The monoisotopic (exact) mass is 436 g/mol. The molecule has 1 aliphatic heterocycles. The predicted molar refractivity (Wildman–Crippen MR) is 115 cm³/mol. The largest absolute Gasteiger partial charge is 0.495 e. The number of halogens is 1. The number of anilines is 1. The van der Waals surface area contributed by atoms with Gasteiger partial charge in [0.2, 0.25) is 10.0 Å². The van der Waals surface area contributed by atoms with Crippen molar-refractivity contribution in [2.75, 3.05) is 31.6 Å². The summed E-state index contributed by atoms with van der Waals surface area (Å²) in [5.74, 6) is 0.274. The van der Waals surface area contributed by atoms with Crippen molar-refractivity contribution in [1.29, 1.82) is 0 Å². The summed E-state index contributed by atoms with van der Waals surface area (Å²) in [4.78, 5) is 15.1. The number of hydrogen-bond donors (Lipinski definition) is 0. The molecule has 0 aliphatic carbocycles. The normalized spacial score (nSPS) is 14.0. The van der Waals surface area contributed by atoms with Gasteiger partial charge >= 0.3 is 0 Å². The van der Waals surface area contributed by atoms with E-state index < -0.39 is 10.0 Å². The van der Waals surface area contributed by atoms with E-state index in [1.54, 1.807) is 25.9 Å². The number of nitrogens with zero attached hydrogens (tertiary/aromatic N) is 2. The molecule has 2 aromatic rings. The molecule has 0 unspecified atom stereocenters. The van der Waals surface area contributed by atoms with Crippen molar-refractivity contribution >= 4 is 33.2 Å². The standard InChI is InChI=1S/C21H25ClN2O4S/c1-4-23(5-2)29(26,27)16-11-12-18(22)17(14-16)21(25)24-13-7-9-15-8-6-10-19(28-3)20(15)24/h6,8,10-12,14H,4-5,7,9,13H2,1-3H3. The number of ether oxygens (including phenoxy) is 1. The van der Waals surface area contributed by atoms with Crippen LogP contribution in [0.25, 0.3) is 0 Å². The number of fused-ring (bicyclic) bond motifs is 1. The van der Waals surface area contributed by atoms with E-state index in [2.05, 4.69) is 0 Å². The van der Waals surface area contributed by atoms with Gasteiger partial charge in [-0.15, -0.1) is 0 Å². The number of carbonyl (C=O) groups excluding carboxylic acids is 1. The van der Waals surface area contributed by atoms with Crippen LogP contribution in [0.2, 0.25) is 5.02 Å². The number of benzene rings is 2. The minimum Gasteiger partial charge on any atom is -0.495 e.